The topological polar surface area (TPSA) is 86.8 Å². The van der Waals surface area contributed by atoms with Gasteiger partial charge in [0.1, 0.15) is 18.4 Å². The number of carbonyl (C=O) groups is 2. The third kappa shape index (κ3) is 8.21. The lowest BCUT2D eigenvalue weighted by Gasteiger charge is -2.33. The van der Waals surface area contributed by atoms with Gasteiger partial charge in [-0.05, 0) is 43.0 Å². The molecule has 35 heavy (non-hydrogen) atoms. The van der Waals surface area contributed by atoms with E-state index in [4.69, 9.17) is 11.6 Å². The number of carbonyl (C=O) groups excluding carboxylic acids is 2. The fourth-order valence-corrected chi connectivity index (χ4v) is 4.62. The molecule has 0 spiro atoms. The minimum absolute atomic E-state index is 0.0556. The van der Waals surface area contributed by atoms with Crippen LogP contribution in [0.1, 0.15) is 38.3 Å². The summed E-state index contributed by atoms with van der Waals surface area (Å²) < 4.78 is 39.7. The highest BCUT2D eigenvalue weighted by Crippen LogP contribution is 2.25. The first kappa shape index (κ1) is 28.6. The van der Waals surface area contributed by atoms with Gasteiger partial charge in [-0.15, -0.1) is 0 Å². The van der Waals surface area contributed by atoms with E-state index in [9.17, 15) is 22.4 Å². The molecule has 0 unspecified atom stereocenters. The first-order valence-electron chi connectivity index (χ1n) is 11.4. The summed E-state index contributed by atoms with van der Waals surface area (Å²) in [6.45, 7) is 7.65. The molecule has 1 N–H and O–H groups in total. The second kappa shape index (κ2) is 12.4. The number of nitrogens with zero attached hydrogens (tertiary/aromatic N) is 2. The Morgan fingerprint density at radius 3 is 2.37 bits per heavy atom. The van der Waals surface area contributed by atoms with Crippen LogP contribution in [0.5, 0.6) is 0 Å². The lowest BCUT2D eigenvalue weighted by molar-refractivity contribution is -0.140. The molecular formula is C25H33ClFN3O4S. The van der Waals surface area contributed by atoms with Crippen LogP contribution in [0.25, 0.3) is 0 Å². The van der Waals surface area contributed by atoms with Crippen LogP contribution in [-0.4, -0.2) is 50.5 Å². The van der Waals surface area contributed by atoms with Crippen molar-refractivity contribution in [2.45, 2.75) is 46.7 Å². The first-order chi connectivity index (χ1) is 16.3. The second-order valence-corrected chi connectivity index (χ2v) is 11.3. The monoisotopic (exact) mass is 525 g/mol. The largest absolute Gasteiger partial charge is 0.354 e. The maximum absolute atomic E-state index is 13.7. The minimum atomic E-state index is -3.93. The average molecular weight is 526 g/mol. The summed E-state index contributed by atoms with van der Waals surface area (Å²) in [6, 6.07) is 10.2. The zero-order valence-electron chi connectivity index (χ0n) is 20.7. The van der Waals surface area contributed by atoms with E-state index < -0.39 is 34.3 Å². The molecule has 0 saturated heterocycles. The van der Waals surface area contributed by atoms with Crippen LogP contribution >= 0.6 is 11.6 Å². The number of nitrogens with one attached hydrogen (secondary N) is 1. The van der Waals surface area contributed by atoms with Crippen LogP contribution in [0.4, 0.5) is 10.1 Å². The Morgan fingerprint density at radius 2 is 1.83 bits per heavy atom. The van der Waals surface area contributed by atoms with Crippen molar-refractivity contribution in [3.63, 3.8) is 0 Å². The van der Waals surface area contributed by atoms with E-state index in [1.54, 1.807) is 6.92 Å². The maximum atomic E-state index is 13.7. The number of halogens is 2. The summed E-state index contributed by atoms with van der Waals surface area (Å²) in [7, 11) is -3.93. The third-order valence-corrected chi connectivity index (χ3v) is 6.81. The summed E-state index contributed by atoms with van der Waals surface area (Å²) in [5, 5.41) is 2.61. The smallest absolute Gasteiger partial charge is 0.244 e. The Morgan fingerprint density at radius 1 is 1.14 bits per heavy atom. The molecular weight excluding hydrogens is 493 g/mol. The van der Waals surface area contributed by atoms with Crippen molar-refractivity contribution in [3.05, 3.63) is 64.4 Å². The summed E-state index contributed by atoms with van der Waals surface area (Å²) in [6.07, 6.45) is 1.29. The number of amides is 2. The molecule has 0 aliphatic rings. The standard InChI is InChI=1S/C25H33ClFN3O4S/c1-6-23(25(32)28-14-17(2)3)29(15-19-9-7-8-18(4)12-19)24(31)16-30(35(5,33)34)20-10-11-22(27)21(26)13-20/h7-13,17,23H,6,14-16H2,1-5H3,(H,28,32)/t23-/m0/s1. The van der Waals surface area contributed by atoms with Gasteiger partial charge in [0.15, 0.2) is 0 Å². The van der Waals surface area contributed by atoms with Crippen LogP contribution in [-0.2, 0) is 26.2 Å². The fourth-order valence-electron chi connectivity index (χ4n) is 3.60. The predicted octanol–water partition coefficient (Wildman–Crippen LogP) is 4.13. The van der Waals surface area contributed by atoms with Crippen LogP contribution in [0.3, 0.4) is 0 Å². The lowest BCUT2D eigenvalue weighted by Crippen LogP contribution is -2.52. The third-order valence-electron chi connectivity index (χ3n) is 5.38. The molecule has 0 fully saturated rings. The van der Waals surface area contributed by atoms with Gasteiger partial charge in [-0.25, -0.2) is 12.8 Å². The van der Waals surface area contributed by atoms with Crippen molar-refractivity contribution < 1.29 is 22.4 Å². The Hall–Kier alpha value is -2.65. The second-order valence-electron chi connectivity index (χ2n) is 8.94. The van der Waals surface area contributed by atoms with Crippen molar-refractivity contribution in [2.24, 2.45) is 5.92 Å². The molecule has 0 saturated carbocycles. The Labute approximate surface area is 212 Å². The molecule has 2 aromatic carbocycles. The number of sulfonamides is 1. The molecule has 0 heterocycles. The van der Waals surface area contributed by atoms with Crippen molar-refractivity contribution in [1.29, 1.82) is 0 Å². The number of hydrogen-bond acceptors (Lipinski definition) is 4. The quantitative estimate of drug-likeness (QED) is 0.478. The fraction of sp³-hybridized carbons (Fsp3) is 0.440. The van der Waals surface area contributed by atoms with Gasteiger partial charge < -0.3 is 10.2 Å². The van der Waals surface area contributed by atoms with Gasteiger partial charge in [0, 0.05) is 13.1 Å². The van der Waals surface area contributed by atoms with Crippen LogP contribution in [0.15, 0.2) is 42.5 Å². The zero-order valence-corrected chi connectivity index (χ0v) is 22.3. The summed E-state index contributed by atoms with van der Waals surface area (Å²) in [4.78, 5) is 28.0. The normalized spacial score (nSPS) is 12.3. The van der Waals surface area contributed by atoms with Gasteiger partial charge >= 0.3 is 0 Å². The summed E-state index contributed by atoms with van der Waals surface area (Å²) in [5.74, 6) is -1.35. The summed E-state index contributed by atoms with van der Waals surface area (Å²) >= 11 is 5.86. The van der Waals surface area contributed by atoms with E-state index >= 15 is 0 Å². The molecule has 0 aliphatic heterocycles. The Bertz CT molecular complexity index is 1160. The van der Waals surface area contributed by atoms with Crippen LogP contribution in [0, 0.1) is 18.7 Å². The molecule has 2 rings (SSSR count). The van der Waals surface area contributed by atoms with E-state index in [-0.39, 0.29) is 29.1 Å². The van der Waals surface area contributed by atoms with E-state index in [0.29, 0.717) is 13.0 Å². The molecule has 10 heteroatoms. The molecule has 2 aromatic rings. The number of hydrogen-bond donors (Lipinski definition) is 1. The predicted molar refractivity (Wildman–Crippen MR) is 137 cm³/mol. The molecule has 0 aliphatic carbocycles. The molecule has 0 radical (unpaired) electrons. The highest BCUT2D eigenvalue weighted by Gasteiger charge is 2.32. The maximum Gasteiger partial charge on any atom is 0.244 e. The van der Waals surface area contributed by atoms with Crippen molar-refractivity contribution in [2.75, 3.05) is 23.7 Å². The van der Waals surface area contributed by atoms with Crippen molar-refractivity contribution in [3.8, 4) is 0 Å². The SMILES string of the molecule is CC[C@@H](C(=O)NCC(C)C)N(Cc1cccc(C)c1)C(=O)CN(c1ccc(F)c(Cl)c1)S(C)(=O)=O. The number of benzene rings is 2. The number of rotatable bonds is 11. The lowest BCUT2D eigenvalue weighted by atomic mass is 10.1. The zero-order chi connectivity index (χ0) is 26.3. The molecule has 0 aromatic heterocycles. The Kier molecular flexibility index (Phi) is 10.1. The van der Waals surface area contributed by atoms with Crippen LogP contribution in [0.2, 0.25) is 5.02 Å². The van der Waals surface area contributed by atoms with Gasteiger partial charge in [0.25, 0.3) is 0 Å². The molecule has 7 nitrogen and oxygen atoms in total. The van der Waals surface area contributed by atoms with Gasteiger partial charge in [-0.1, -0.05) is 62.2 Å². The average Bonchev–Trinajstić information content (AvgIpc) is 2.77. The minimum Gasteiger partial charge on any atom is -0.354 e. The van der Waals surface area contributed by atoms with Gasteiger partial charge in [0.05, 0.1) is 17.0 Å². The van der Waals surface area contributed by atoms with E-state index in [1.807, 2.05) is 45.0 Å². The first-order valence-corrected chi connectivity index (χ1v) is 13.6. The van der Waals surface area contributed by atoms with Crippen molar-refractivity contribution >= 4 is 39.1 Å². The van der Waals surface area contributed by atoms with Gasteiger partial charge in [-0.2, -0.15) is 0 Å². The molecule has 192 valence electrons. The summed E-state index contributed by atoms with van der Waals surface area (Å²) in [5.41, 5.74) is 1.86. The molecule has 0 bridgehead atoms. The van der Waals surface area contributed by atoms with Gasteiger partial charge in [0.2, 0.25) is 21.8 Å². The van der Waals surface area contributed by atoms with Crippen LogP contribution < -0.4 is 9.62 Å². The number of aryl methyl sites for hydroxylation is 1. The van der Waals surface area contributed by atoms with E-state index in [2.05, 4.69) is 5.32 Å². The van der Waals surface area contributed by atoms with E-state index in [0.717, 1.165) is 33.8 Å². The highest BCUT2D eigenvalue weighted by atomic mass is 35.5. The molecule has 1 atom stereocenters. The van der Waals surface area contributed by atoms with E-state index in [1.165, 1.54) is 11.0 Å². The van der Waals surface area contributed by atoms with Gasteiger partial charge in [-0.3, -0.25) is 13.9 Å². The Balaban J connectivity index is 2.44. The highest BCUT2D eigenvalue weighted by molar-refractivity contribution is 7.92. The molecule has 2 amide bonds. The number of anilines is 1. The van der Waals surface area contributed by atoms with Crippen molar-refractivity contribution in [1.82, 2.24) is 10.2 Å².